The van der Waals surface area contributed by atoms with E-state index in [2.05, 4.69) is 5.32 Å². The number of halogens is 2. The Morgan fingerprint density at radius 2 is 2.12 bits per heavy atom. The topological polar surface area (TPSA) is 79.0 Å². The van der Waals surface area contributed by atoms with Crippen molar-refractivity contribution in [2.75, 3.05) is 0 Å². The van der Waals surface area contributed by atoms with E-state index >= 15 is 0 Å². The second kappa shape index (κ2) is 5.18. The van der Waals surface area contributed by atoms with E-state index in [1.54, 1.807) is 12.1 Å². The zero-order valence-electron chi connectivity index (χ0n) is 8.60. The van der Waals surface area contributed by atoms with E-state index in [4.69, 9.17) is 34.3 Å². The molecule has 6 heteroatoms. The molecule has 1 aromatic rings. The molecule has 0 unspecified atom stereocenters. The standard InChI is InChI=1S/C10H11Cl2N3O/c1-5-2-3-7(11)6(9(5)12)4-8(16)15-10(13)14/h2-3H,4H2,1H3,(H4,13,14,15,16). The van der Waals surface area contributed by atoms with Crippen molar-refractivity contribution in [1.82, 2.24) is 5.32 Å². The Balaban J connectivity index is 2.93. The van der Waals surface area contributed by atoms with Crippen LogP contribution in [0.15, 0.2) is 12.1 Å². The lowest BCUT2D eigenvalue weighted by atomic mass is 10.1. The third kappa shape index (κ3) is 3.12. The molecule has 0 heterocycles. The van der Waals surface area contributed by atoms with Gasteiger partial charge in [0.05, 0.1) is 6.42 Å². The van der Waals surface area contributed by atoms with Crippen LogP contribution in [0.3, 0.4) is 0 Å². The number of nitrogens with two attached hydrogens (primary N) is 1. The van der Waals surface area contributed by atoms with Crippen molar-refractivity contribution in [3.63, 3.8) is 0 Å². The molecule has 0 spiro atoms. The average Bonchev–Trinajstić information content (AvgIpc) is 2.17. The molecule has 1 rings (SSSR count). The lowest BCUT2D eigenvalue weighted by Gasteiger charge is -2.09. The molecule has 0 aromatic heterocycles. The minimum atomic E-state index is -0.415. The first-order valence-corrected chi connectivity index (χ1v) is 5.24. The quantitative estimate of drug-likeness (QED) is 0.560. The first-order valence-electron chi connectivity index (χ1n) is 4.49. The SMILES string of the molecule is Cc1ccc(Cl)c(CC(=O)NC(=N)N)c1Cl. The van der Waals surface area contributed by atoms with Gasteiger partial charge in [-0.05, 0) is 24.1 Å². The van der Waals surface area contributed by atoms with Gasteiger partial charge in [0.15, 0.2) is 5.96 Å². The van der Waals surface area contributed by atoms with Crippen molar-refractivity contribution in [1.29, 1.82) is 5.41 Å². The van der Waals surface area contributed by atoms with Gasteiger partial charge in [-0.25, -0.2) is 0 Å². The molecular weight excluding hydrogens is 249 g/mol. The maximum atomic E-state index is 11.4. The van der Waals surface area contributed by atoms with Crippen molar-refractivity contribution < 1.29 is 4.79 Å². The second-order valence-electron chi connectivity index (χ2n) is 3.30. The van der Waals surface area contributed by atoms with Crippen molar-refractivity contribution in [3.05, 3.63) is 33.3 Å². The molecule has 0 aliphatic carbocycles. The van der Waals surface area contributed by atoms with E-state index in [1.165, 1.54) is 0 Å². The zero-order chi connectivity index (χ0) is 12.3. The molecule has 0 bridgehead atoms. The minimum absolute atomic E-state index is 0.00106. The number of nitrogens with one attached hydrogen (secondary N) is 2. The van der Waals surface area contributed by atoms with Crippen molar-refractivity contribution in [2.45, 2.75) is 13.3 Å². The summed E-state index contributed by atoms with van der Waals surface area (Å²) in [5, 5.41) is 9.98. The predicted molar refractivity (Wildman–Crippen MR) is 65.0 cm³/mol. The highest BCUT2D eigenvalue weighted by atomic mass is 35.5. The monoisotopic (exact) mass is 259 g/mol. The average molecular weight is 260 g/mol. The molecule has 4 N–H and O–H groups in total. The van der Waals surface area contributed by atoms with Gasteiger partial charge < -0.3 is 5.73 Å². The Kier molecular flexibility index (Phi) is 4.15. The Hall–Kier alpha value is -1.26. The number of amides is 1. The van der Waals surface area contributed by atoms with Gasteiger partial charge in [-0.2, -0.15) is 0 Å². The lowest BCUT2D eigenvalue weighted by Crippen LogP contribution is -2.36. The number of rotatable bonds is 2. The summed E-state index contributed by atoms with van der Waals surface area (Å²) < 4.78 is 0. The molecule has 0 saturated carbocycles. The highest BCUT2D eigenvalue weighted by Crippen LogP contribution is 2.27. The van der Waals surface area contributed by atoms with E-state index < -0.39 is 11.9 Å². The molecule has 0 aliphatic rings. The van der Waals surface area contributed by atoms with Crippen LogP contribution in [0.25, 0.3) is 0 Å². The fourth-order valence-corrected chi connectivity index (χ4v) is 1.74. The van der Waals surface area contributed by atoms with Crippen LogP contribution >= 0.6 is 23.2 Å². The molecule has 1 aromatic carbocycles. The predicted octanol–water partition coefficient (Wildman–Crippen LogP) is 1.85. The van der Waals surface area contributed by atoms with Gasteiger partial charge in [0.2, 0.25) is 5.91 Å². The van der Waals surface area contributed by atoms with Crippen LogP contribution < -0.4 is 11.1 Å². The highest BCUT2D eigenvalue weighted by Gasteiger charge is 2.12. The number of hydrogen-bond donors (Lipinski definition) is 3. The van der Waals surface area contributed by atoms with Gasteiger partial charge in [-0.3, -0.25) is 15.5 Å². The largest absolute Gasteiger partial charge is 0.370 e. The van der Waals surface area contributed by atoms with Crippen LogP contribution in [0, 0.1) is 12.3 Å². The summed E-state index contributed by atoms with van der Waals surface area (Å²) in [4.78, 5) is 11.4. The van der Waals surface area contributed by atoms with Crippen LogP contribution in [0.1, 0.15) is 11.1 Å². The van der Waals surface area contributed by atoms with Crippen LogP contribution in [0.5, 0.6) is 0 Å². The number of aryl methyl sites for hydroxylation is 1. The molecule has 0 fully saturated rings. The minimum Gasteiger partial charge on any atom is -0.370 e. The highest BCUT2D eigenvalue weighted by molar-refractivity contribution is 6.36. The van der Waals surface area contributed by atoms with Gasteiger partial charge in [0, 0.05) is 10.0 Å². The number of carbonyl (C=O) groups excluding carboxylic acids is 1. The maximum absolute atomic E-state index is 11.4. The smallest absolute Gasteiger partial charge is 0.231 e. The van der Waals surface area contributed by atoms with E-state index in [0.29, 0.717) is 15.6 Å². The molecule has 0 atom stereocenters. The first-order chi connectivity index (χ1) is 7.41. The summed E-state index contributed by atoms with van der Waals surface area (Å²) in [6.45, 7) is 1.82. The summed E-state index contributed by atoms with van der Waals surface area (Å²) in [7, 11) is 0. The molecule has 0 saturated heterocycles. The molecular formula is C10H11Cl2N3O. The summed E-state index contributed by atoms with van der Waals surface area (Å²) in [5.41, 5.74) is 6.43. The second-order valence-corrected chi connectivity index (χ2v) is 4.08. The molecule has 1 amide bonds. The first kappa shape index (κ1) is 12.8. The Morgan fingerprint density at radius 1 is 1.50 bits per heavy atom. The van der Waals surface area contributed by atoms with E-state index in [9.17, 15) is 4.79 Å². The van der Waals surface area contributed by atoms with Crippen LogP contribution in [-0.2, 0) is 11.2 Å². The van der Waals surface area contributed by atoms with Gasteiger partial charge in [0.1, 0.15) is 0 Å². The third-order valence-electron chi connectivity index (χ3n) is 1.99. The normalized spacial score (nSPS) is 9.94. The number of carbonyl (C=O) groups is 1. The summed E-state index contributed by atoms with van der Waals surface area (Å²) in [6, 6.07) is 3.45. The van der Waals surface area contributed by atoms with E-state index in [0.717, 1.165) is 5.56 Å². The Bertz CT molecular complexity index is 446. The van der Waals surface area contributed by atoms with Crippen LogP contribution in [-0.4, -0.2) is 11.9 Å². The molecule has 0 radical (unpaired) electrons. The zero-order valence-corrected chi connectivity index (χ0v) is 10.1. The van der Waals surface area contributed by atoms with Crippen molar-refractivity contribution in [3.8, 4) is 0 Å². The van der Waals surface area contributed by atoms with Gasteiger partial charge in [-0.1, -0.05) is 29.3 Å². The summed E-state index contributed by atoms with van der Waals surface area (Å²) in [5.74, 6) is -0.813. The van der Waals surface area contributed by atoms with Gasteiger partial charge >= 0.3 is 0 Å². The molecule has 0 aliphatic heterocycles. The lowest BCUT2D eigenvalue weighted by molar-refractivity contribution is -0.119. The molecule has 4 nitrogen and oxygen atoms in total. The molecule has 16 heavy (non-hydrogen) atoms. The Morgan fingerprint density at radius 3 is 2.69 bits per heavy atom. The fraction of sp³-hybridized carbons (Fsp3) is 0.200. The van der Waals surface area contributed by atoms with Gasteiger partial charge in [0.25, 0.3) is 0 Å². The number of hydrogen-bond acceptors (Lipinski definition) is 2. The number of guanidine groups is 1. The van der Waals surface area contributed by atoms with E-state index in [1.807, 2.05) is 6.92 Å². The van der Waals surface area contributed by atoms with Crippen molar-refractivity contribution in [2.24, 2.45) is 5.73 Å². The fourth-order valence-electron chi connectivity index (χ4n) is 1.23. The van der Waals surface area contributed by atoms with Crippen molar-refractivity contribution >= 4 is 35.1 Å². The summed E-state index contributed by atoms with van der Waals surface area (Å²) >= 11 is 12.0. The van der Waals surface area contributed by atoms with Crippen LogP contribution in [0.2, 0.25) is 10.0 Å². The number of benzene rings is 1. The summed E-state index contributed by atoms with van der Waals surface area (Å²) in [6.07, 6.45) is -0.00106. The molecule has 86 valence electrons. The van der Waals surface area contributed by atoms with Gasteiger partial charge in [-0.15, -0.1) is 0 Å². The Labute approximate surface area is 103 Å². The third-order valence-corrected chi connectivity index (χ3v) is 2.87. The maximum Gasteiger partial charge on any atom is 0.231 e. The van der Waals surface area contributed by atoms with E-state index in [-0.39, 0.29) is 6.42 Å². The van der Waals surface area contributed by atoms with Crippen LogP contribution in [0.4, 0.5) is 0 Å².